The summed E-state index contributed by atoms with van der Waals surface area (Å²) in [6.45, 7) is -1.37. The average Bonchev–Trinajstić information content (AvgIpc) is 2.70. The zero-order valence-corrected chi connectivity index (χ0v) is 17.2. The number of hydrogen-bond donors (Lipinski definition) is 1. The number of sulfonamides is 1. The minimum absolute atomic E-state index is 0.000719. The lowest BCUT2D eigenvalue weighted by molar-refractivity contribution is -0.215. The number of halogens is 4. The Morgan fingerprint density at radius 3 is 2.39 bits per heavy atom. The van der Waals surface area contributed by atoms with Gasteiger partial charge in [0.2, 0.25) is 16.1 Å². The predicted molar refractivity (Wildman–Crippen MR) is 98.6 cm³/mol. The van der Waals surface area contributed by atoms with Crippen molar-refractivity contribution in [1.82, 2.24) is 9.21 Å². The zero-order valence-electron chi connectivity index (χ0n) is 16.3. The van der Waals surface area contributed by atoms with E-state index in [0.29, 0.717) is 5.56 Å². The Morgan fingerprint density at radius 1 is 1.23 bits per heavy atom. The fourth-order valence-electron chi connectivity index (χ4n) is 3.49. The molecule has 0 aromatic heterocycles. The Kier molecular flexibility index (Phi) is 6.79. The molecule has 2 saturated heterocycles. The van der Waals surface area contributed by atoms with Gasteiger partial charge >= 0.3 is 12.3 Å². The number of aliphatic hydroxyl groups is 1. The molecule has 1 spiro atoms. The maximum atomic E-state index is 13.1. The van der Waals surface area contributed by atoms with Crippen LogP contribution in [0.1, 0.15) is 18.4 Å². The van der Waals surface area contributed by atoms with Crippen molar-refractivity contribution in [3.63, 3.8) is 0 Å². The van der Waals surface area contributed by atoms with Crippen LogP contribution >= 0.6 is 0 Å². The van der Waals surface area contributed by atoms with Crippen LogP contribution in [0.5, 0.6) is 0 Å². The number of hydrogen-bond acceptors (Lipinski definition) is 6. The number of nitrogens with zero attached hydrogens (tertiary/aromatic N) is 2. The van der Waals surface area contributed by atoms with Crippen LogP contribution < -0.4 is 0 Å². The molecule has 1 unspecified atom stereocenters. The predicted octanol–water partition coefficient (Wildman–Crippen LogP) is 1.84. The van der Waals surface area contributed by atoms with Crippen molar-refractivity contribution in [3.8, 4) is 0 Å². The third-order valence-corrected chi connectivity index (χ3v) is 6.81. The molecule has 0 aliphatic carbocycles. The Bertz CT molecular complexity index is 885. The molecule has 2 aliphatic heterocycles. The molecule has 0 radical (unpaired) electrons. The van der Waals surface area contributed by atoms with Gasteiger partial charge in [0.15, 0.2) is 5.94 Å². The lowest BCUT2D eigenvalue weighted by Crippen LogP contribution is -2.59. The van der Waals surface area contributed by atoms with Crippen molar-refractivity contribution in [2.75, 3.05) is 32.2 Å². The van der Waals surface area contributed by atoms with Gasteiger partial charge in [-0.3, -0.25) is 0 Å². The fraction of sp³-hybridized carbons (Fsp3) is 0.611. The Morgan fingerprint density at radius 2 is 1.84 bits per heavy atom. The van der Waals surface area contributed by atoms with Crippen LogP contribution in [-0.2, 0) is 26.0 Å². The van der Waals surface area contributed by atoms with Crippen molar-refractivity contribution in [1.29, 1.82) is 0 Å². The molecular weight excluding hydrogens is 448 g/mol. The second-order valence-electron chi connectivity index (χ2n) is 7.54. The summed E-state index contributed by atoms with van der Waals surface area (Å²) >= 11 is 0. The van der Waals surface area contributed by atoms with Crippen molar-refractivity contribution in [2.45, 2.75) is 37.3 Å². The summed E-state index contributed by atoms with van der Waals surface area (Å²) < 4.78 is 87.2. The van der Waals surface area contributed by atoms with E-state index in [1.54, 1.807) is 0 Å². The lowest BCUT2D eigenvalue weighted by Gasteiger charge is -2.46. The van der Waals surface area contributed by atoms with Crippen molar-refractivity contribution in [2.24, 2.45) is 0 Å². The first-order valence-corrected chi connectivity index (χ1v) is 11.0. The Labute approximate surface area is 176 Å². The highest BCUT2D eigenvalue weighted by atomic mass is 32.2. The number of piperidine rings is 1. The molecule has 8 nitrogen and oxygen atoms in total. The van der Waals surface area contributed by atoms with Gasteiger partial charge in [0.05, 0.1) is 12.2 Å². The van der Waals surface area contributed by atoms with Crippen LogP contribution in [0.25, 0.3) is 0 Å². The van der Waals surface area contributed by atoms with E-state index in [1.807, 2.05) is 0 Å². The van der Waals surface area contributed by atoms with Crippen LogP contribution in [0.2, 0.25) is 0 Å². The summed E-state index contributed by atoms with van der Waals surface area (Å²) in [7, 11) is -3.71. The van der Waals surface area contributed by atoms with Gasteiger partial charge in [0.1, 0.15) is 5.82 Å². The molecule has 31 heavy (non-hydrogen) atoms. The Balaban J connectivity index is 1.62. The fourth-order valence-corrected chi connectivity index (χ4v) is 4.82. The van der Waals surface area contributed by atoms with Crippen LogP contribution in [0, 0.1) is 5.82 Å². The van der Waals surface area contributed by atoms with E-state index in [1.165, 1.54) is 28.6 Å². The average molecular weight is 470 g/mol. The molecule has 1 aromatic carbocycles. The molecule has 1 aromatic rings. The number of ether oxygens (including phenoxy) is 2. The molecule has 13 heteroatoms. The monoisotopic (exact) mass is 470 g/mol. The number of carbonyl (C=O) groups is 1. The van der Waals surface area contributed by atoms with E-state index in [0.717, 1.165) is 4.90 Å². The molecule has 0 bridgehead atoms. The maximum absolute atomic E-state index is 13.1. The second-order valence-corrected chi connectivity index (χ2v) is 9.45. The number of aliphatic hydroxyl groups excluding tert-OH is 1. The number of alkyl halides is 3. The summed E-state index contributed by atoms with van der Waals surface area (Å²) in [5.74, 6) is -1.02. The van der Waals surface area contributed by atoms with Crippen molar-refractivity contribution < 1.29 is 45.4 Å². The van der Waals surface area contributed by atoms with Gasteiger partial charge in [0, 0.05) is 26.2 Å². The van der Waals surface area contributed by atoms with Gasteiger partial charge in [0.25, 0.3) is 0 Å². The van der Waals surface area contributed by atoms with Gasteiger partial charge in [-0.25, -0.2) is 17.6 Å². The van der Waals surface area contributed by atoms with E-state index in [-0.39, 0.29) is 39.0 Å². The summed E-state index contributed by atoms with van der Waals surface area (Å²) in [6, 6.07) is 5.40. The highest BCUT2D eigenvalue weighted by Gasteiger charge is 2.47. The normalized spacial score (nSPS) is 22.3. The number of amides is 1. The van der Waals surface area contributed by atoms with Crippen LogP contribution in [0.3, 0.4) is 0 Å². The maximum Gasteiger partial charge on any atom is 0.427 e. The lowest BCUT2D eigenvalue weighted by atomic mass is 9.91. The van der Waals surface area contributed by atoms with Crippen LogP contribution in [-0.4, -0.2) is 78.9 Å². The molecule has 2 aliphatic rings. The van der Waals surface area contributed by atoms with Gasteiger partial charge in [-0.15, -0.1) is 0 Å². The number of likely N-dealkylation sites (tertiary alicyclic amines) is 1. The third kappa shape index (κ3) is 5.64. The zero-order chi connectivity index (χ0) is 22.9. The smallest absolute Gasteiger partial charge is 0.427 e. The minimum Gasteiger partial charge on any atom is -0.434 e. The highest BCUT2D eigenvalue weighted by molar-refractivity contribution is 7.88. The number of rotatable bonds is 4. The summed E-state index contributed by atoms with van der Waals surface area (Å²) in [5, 5.41) is 8.80. The van der Waals surface area contributed by atoms with E-state index >= 15 is 0 Å². The number of carbonyl (C=O) groups excluding carboxylic acids is 1. The quantitative estimate of drug-likeness (QED) is 0.675. The van der Waals surface area contributed by atoms with E-state index in [2.05, 4.69) is 4.74 Å². The molecule has 1 atom stereocenters. The largest absolute Gasteiger partial charge is 0.434 e. The molecular formula is C18H22F4N2O6S. The molecule has 0 saturated carbocycles. The first kappa shape index (κ1) is 23.7. The third-order valence-electron chi connectivity index (χ3n) is 5.35. The van der Waals surface area contributed by atoms with Gasteiger partial charge in [-0.2, -0.15) is 17.5 Å². The minimum atomic E-state index is -4.89. The summed E-state index contributed by atoms with van der Waals surface area (Å²) in [5.41, 5.74) is -0.312. The SMILES string of the molecule is O=C(OC(CO)C(F)(F)F)N1CCC2(CC1)CN(Cc1ccc(F)cc1)S(=O)(=O)CO2. The molecule has 2 fully saturated rings. The van der Waals surface area contributed by atoms with Gasteiger partial charge in [-0.1, -0.05) is 12.1 Å². The van der Waals surface area contributed by atoms with Crippen LogP contribution in [0.15, 0.2) is 24.3 Å². The van der Waals surface area contributed by atoms with Crippen LogP contribution in [0.4, 0.5) is 22.4 Å². The number of benzene rings is 1. The molecule has 1 N–H and O–H groups in total. The molecule has 2 heterocycles. The highest BCUT2D eigenvalue weighted by Crippen LogP contribution is 2.34. The van der Waals surface area contributed by atoms with Gasteiger partial charge in [-0.05, 0) is 30.5 Å². The molecule has 174 valence electrons. The topological polar surface area (TPSA) is 96.4 Å². The van der Waals surface area contributed by atoms with Gasteiger partial charge < -0.3 is 19.5 Å². The van der Waals surface area contributed by atoms with Crippen molar-refractivity contribution in [3.05, 3.63) is 35.6 Å². The Hall–Kier alpha value is -1.96. The second kappa shape index (κ2) is 8.88. The standard InChI is InChI=1S/C18H22F4N2O6S/c19-14-3-1-13(2-4-14)9-24-11-17(29-12-31(24,27)28)5-7-23(8-6-17)16(26)30-15(10-25)18(20,21)22/h1-4,15,25H,5-12H2. The first-order valence-electron chi connectivity index (χ1n) is 9.43. The summed E-state index contributed by atoms with van der Waals surface area (Å²) in [4.78, 5) is 13.1. The van der Waals surface area contributed by atoms with E-state index < -0.39 is 52.4 Å². The van der Waals surface area contributed by atoms with E-state index in [4.69, 9.17) is 9.84 Å². The molecule has 1 amide bonds. The van der Waals surface area contributed by atoms with Crippen molar-refractivity contribution >= 4 is 16.1 Å². The van der Waals surface area contributed by atoms with E-state index in [9.17, 15) is 30.8 Å². The summed E-state index contributed by atoms with van der Waals surface area (Å²) in [6.07, 6.45) is -8.33. The first-order chi connectivity index (χ1) is 14.4. The molecule has 3 rings (SSSR count).